The molecule has 1 aliphatic carbocycles. The van der Waals surface area contributed by atoms with Crippen LogP contribution in [-0.4, -0.2) is 33.2 Å². The Labute approximate surface area is 124 Å². The van der Waals surface area contributed by atoms with Crippen LogP contribution in [0.25, 0.3) is 11.0 Å². The molecule has 1 heterocycles. The van der Waals surface area contributed by atoms with Crippen LogP contribution in [-0.2, 0) is 11.3 Å². The first-order chi connectivity index (χ1) is 10.2. The molecule has 5 heteroatoms. The number of benzene rings is 1. The number of aliphatic hydroxyl groups is 1. The van der Waals surface area contributed by atoms with Gasteiger partial charge in [0.2, 0.25) is 5.91 Å². The number of rotatable bonds is 5. The van der Waals surface area contributed by atoms with E-state index in [2.05, 4.69) is 10.3 Å². The van der Waals surface area contributed by atoms with Gasteiger partial charge in [-0.2, -0.15) is 0 Å². The Morgan fingerprint density at radius 1 is 1.38 bits per heavy atom. The number of hydrogen-bond acceptors (Lipinski definition) is 3. The zero-order chi connectivity index (χ0) is 14.7. The van der Waals surface area contributed by atoms with Crippen molar-refractivity contribution in [3.8, 4) is 0 Å². The minimum Gasteiger partial charge on any atom is -0.393 e. The Hall–Kier alpha value is -1.88. The molecule has 3 rings (SSSR count). The Morgan fingerprint density at radius 2 is 2.24 bits per heavy atom. The fraction of sp³-hybridized carbons (Fsp3) is 0.500. The minimum atomic E-state index is -0.247. The van der Waals surface area contributed by atoms with Gasteiger partial charge in [0, 0.05) is 25.4 Å². The molecule has 1 aliphatic rings. The van der Waals surface area contributed by atoms with Crippen LogP contribution in [0.5, 0.6) is 0 Å². The van der Waals surface area contributed by atoms with E-state index in [4.69, 9.17) is 0 Å². The molecule has 1 saturated carbocycles. The summed E-state index contributed by atoms with van der Waals surface area (Å²) >= 11 is 0. The van der Waals surface area contributed by atoms with E-state index in [1.165, 1.54) is 0 Å². The van der Waals surface area contributed by atoms with E-state index in [0.717, 1.165) is 30.3 Å². The van der Waals surface area contributed by atoms with Crippen molar-refractivity contribution in [3.05, 3.63) is 30.6 Å². The van der Waals surface area contributed by atoms with Gasteiger partial charge in [-0.05, 0) is 25.0 Å². The van der Waals surface area contributed by atoms with E-state index < -0.39 is 0 Å². The number of fused-ring (bicyclic) bond motifs is 1. The third-order valence-corrected chi connectivity index (χ3v) is 4.29. The van der Waals surface area contributed by atoms with Crippen LogP contribution in [0.3, 0.4) is 0 Å². The van der Waals surface area contributed by atoms with E-state index in [9.17, 15) is 9.90 Å². The largest absolute Gasteiger partial charge is 0.393 e. The van der Waals surface area contributed by atoms with Crippen molar-refractivity contribution in [2.24, 2.45) is 5.92 Å². The predicted octanol–water partition coefficient (Wildman–Crippen LogP) is 1.70. The molecule has 2 atom stereocenters. The zero-order valence-corrected chi connectivity index (χ0v) is 12.0. The number of hydrogen-bond donors (Lipinski definition) is 2. The number of para-hydroxylation sites is 2. The van der Waals surface area contributed by atoms with Crippen molar-refractivity contribution in [2.75, 3.05) is 6.54 Å². The summed E-state index contributed by atoms with van der Waals surface area (Å²) in [6.45, 7) is 1.21. The minimum absolute atomic E-state index is 0.0341. The second-order valence-electron chi connectivity index (χ2n) is 5.74. The lowest BCUT2D eigenvalue weighted by molar-refractivity contribution is -0.121. The van der Waals surface area contributed by atoms with Gasteiger partial charge in [-0.1, -0.05) is 18.6 Å². The first kappa shape index (κ1) is 14.1. The monoisotopic (exact) mass is 287 g/mol. The van der Waals surface area contributed by atoms with Crippen LogP contribution in [0.15, 0.2) is 30.6 Å². The molecular formula is C16H21N3O2. The second-order valence-corrected chi connectivity index (χ2v) is 5.74. The van der Waals surface area contributed by atoms with Crippen LogP contribution in [0.2, 0.25) is 0 Å². The molecule has 0 saturated heterocycles. The molecule has 21 heavy (non-hydrogen) atoms. The Balaban J connectivity index is 1.49. The number of aryl methyl sites for hydroxylation is 1. The Bertz CT molecular complexity index is 623. The summed E-state index contributed by atoms with van der Waals surface area (Å²) in [7, 11) is 0. The molecule has 112 valence electrons. The lowest BCUT2D eigenvalue weighted by atomic mass is 10.1. The summed E-state index contributed by atoms with van der Waals surface area (Å²) in [4.78, 5) is 16.2. The topological polar surface area (TPSA) is 67.2 Å². The van der Waals surface area contributed by atoms with Gasteiger partial charge in [0.05, 0.1) is 23.5 Å². The maximum Gasteiger partial charge on any atom is 0.221 e. The van der Waals surface area contributed by atoms with Gasteiger partial charge in [0.25, 0.3) is 0 Å². The highest BCUT2D eigenvalue weighted by atomic mass is 16.3. The summed E-state index contributed by atoms with van der Waals surface area (Å²) < 4.78 is 2.00. The van der Waals surface area contributed by atoms with Crippen molar-refractivity contribution in [1.29, 1.82) is 0 Å². The van der Waals surface area contributed by atoms with Crippen molar-refractivity contribution in [3.63, 3.8) is 0 Å². The smallest absolute Gasteiger partial charge is 0.221 e. The molecule has 2 unspecified atom stereocenters. The van der Waals surface area contributed by atoms with E-state index in [1.54, 1.807) is 6.33 Å². The van der Waals surface area contributed by atoms with Crippen molar-refractivity contribution in [2.45, 2.75) is 38.3 Å². The molecule has 2 aromatic rings. The number of imidazole rings is 1. The van der Waals surface area contributed by atoms with E-state index in [0.29, 0.717) is 19.5 Å². The summed E-state index contributed by atoms with van der Waals surface area (Å²) in [6, 6.07) is 7.91. The van der Waals surface area contributed by atoms with Gasteiger partial charge in [-0.3, -0.25) is 4.79 Å². The molecule has 1 aromatic heterocycles. The highest BCUT2D eigenvalue weighted by Gasteiger charge is 2.25. The van der Waals surface area contributed by atoms with Crippen LogP contribution in [0.1, 0.15) is 25.7 Å². The molecule has 0 spiro atoms. The van der Waals surface area contributed by atoms with Crippen LogP contribution < -0.4 is 5.32 Å². The van der Waals surface area contributed by atoms with E-state index >= 15 is 0 Å². The number of amides is 1. The molecule has 1 amide bonds. The zero-order valence-electron chi connectivity index (χ0n) is 12.0. The highest BCUT2D eigenvalue weighted by molar-refractivity contribution is 5.77. The van der Waals surface area contributed by atoms with Gasteiger partial charge in [-0.25, -0.2) is 4.98 Å². The normalized spacial score (nSPS) is 21.8. The standard InChI is InChI=1S/C16H21N3O2/c20-15-7-3-4-12(15)10-17-16(21)8-9-19-11-18-13-5-1-2-6-14(13)19/h1-2,5-6,11-12,15,20H,3-4,7-10H2,(H,17,21). The Morgan fingerprint density at radius 3 is 3.05 bits per heavy atom. The summed E-state index contributed by atoms with van der Waals surface area (Å²) in [5.74, 6) is 0.259. The average Bonchev–Trinajstić information content (AvgIpc) is 3.09. The Kier molecular flexibility index (Phi) is 4.20. The number of aromatic nitrogens is 2. The fourth-order valence-corrected chi connectivity index (χ4v) is 3.00. The maximum absolute atomic E-state index is 11.9. The first-order valence-electron chi connectivity index (χ1n) is 7.58. The van der Waals surface area contributed by atoms with E-state index in [-0.39, 0.29) is 17.9 Å². The lowest BCUT2D eigenvalue weighted by Crippen LogP contribution is -2.32. The maximum atomic E-state index is 11.9. The molecule has 0 aliphatic heterocycles. The SMILES string of the molecule is O=C(CCn1cnc2ccccc21)NCC1CCCC1O. The molecule has 0 radical (unpaired) electrons. The predicted molar refractivity (Wildman–Crippen MR) is 80.7 cm³/mol. The van der Waals surface area contributed by atoms with Gasteiger partial charge >= 0.3 is 0 Å². The van der Waals surface area contributed by atoms with Gasteiger partial charge < -0.3 is 15.0 Å². The van der Waals surface area contributed by atoms with Crippen molar-refractivity contribution < 1.29 is 9.90 Å². The average molecular weight is 287 g/mol. The van der Waals surface area contributed by atoms with Crippen LogP contribution >= 0.6 is 0 Å². The quantitative estimate of drug-likeness (QED) is 0.879. The molecule has 1 fully saturated rings. The number of nitrogens with zero attached hydrogens (tertiary/aromatic N) is 2. The second kappa shape index (κ2) is 6.26. The number of aliphatic hydroxyl groups excluding tert-OH is 1. The van der Waals surface area contributed by atoms with E-state index in [1.807, 2.05) is 28.8 Å². The number of nitrogens with one attached hydrogen (secondary N) is 1. The van der Waals surface area contributed by atoms with Gasteiger partial charge in [-0.15, -0.1) is 0 Å². The molecular weight excluding hydrogens is 266 g/mol. The van der Waals surface area contributed by atoms with Gasteiger partial charge in [0.1, 0.15) is 0 Å². The summed E-state index contributed by atoms with van der Waals surface area (Å²) in [5.41, 5.74) is 2.00. The van der Waals surface area contributed by atoms with Gasteiger partial charge in [0.15, 0.2) is 0 Å². The number of carbonyl (C=O) groups excluding carboxylic acids is 1. The van der Waals surface area contributed by atoms with Crippen molar-refractivity contribution >= 4 is 16.9 Å². The highest BCUT2D eigenvalue weighted by Crippen LogP contribution is 2.24. The van der Waals surface area contributed by atoms with Crippen molar-refractivity contribution in [1.82, 2.24) is 14.9 Å². The molecule has 0 bridgehead atoms. The summed E-state index contributed by atoms with van der Waals surface area (Å²) in [5, 5.41) is 12.7. The lowest BCUT2D eigenvalue weighted by Gasteiger charge is -2.15. The third-order valence-electron chi connectivity index (χ3n) is 4.29. The van der Waals surface area contributed by atoms with Crippen LogP contribution in [0.4, 0.5) is 0 Å². The molecule has 1 aromatic carbocycles. The van der Waals surface area contributed by atoms with Crippen LogP contribution in [0, 0.1) is 5.92 Å². The molecule has 5 nitrogen and oxygen atoms in total. The molecule has 2 N–H and O–H groups in total. The number of carbonyl (C=O) groups is 1. The first-order valence-corrected chi connectivity index (χ1v) is 7.58. The summed E-state index contributed by atoms with van der Waals surface area (Å²) in [6.07, 6.45) is 4.89. The third kappa shape index (κ3) is 3.24. The fourth-order valence-electron chi connectivity index (χ4n) is 3.00.